The summed E-state index contributed by atoms with van der Waals surface area (Å²) < 4.78 is 44.9. The van der Waals surface area contributed by atoms with Crippen molar-refractivity contribution in [1.29, 1.82) is 0 Å². The molecule has 0 N–H and O–H groups in total. The minimum atomic E-state index is -3.77. The molecule has 23 heavy (non-hydrogen) atoms. The zero-order chi connectivity index (χ0) is 17.0. The molecule has 1 fully saturated rings. The van der Waals surface area contributed by atoms with Crippen molar-refractivity contribution in [3.63, 3.8) is 0 Å². The Kier molecular flexibility index (Phi) is 5.59. The summed E-state index contributed by atoms with van der Waals surface area (Å²) in [6, 6.07) is 3.58. The maximum Gasteiger partial charge on any atom is 0.243 e. The van der Waals surface area contributed by atoms with Crippen LogP contribution in [0.15, 0.2) is 23.1 Å². The number of rotatable bonds is 5. The molecule has 1 saturated heterocycles. The van der Waals surface area contributed by atoms with Crippen molar-refractivity contribution in [3.05, 3.63) is 24.0 Å². The average Bonchev–Trinajstić information content (AvgIpc) is 2.55. The number of carbonyl (C=O) groups excluding carboxylic acids is 1. The second-order valence-corrected chi connectivity index (χ2v) is 7.27. The predicted octanol–water partition coefficient (Wildman–Crippen LogP) is 1.47. The molecule has 1 aliphatic heterocycles. The van der Waals surface area contributed by atoms with Crippen molar-refractivity contribution in [1.82, 2.24) is 9.21 Å². The second kappa shape index (κ2) is 7.27. The Morgan fingerprint density at radius 1 is 1.26 bits per heavy atom. The molecular weight excluding hydrogens is 323 g/mol. The fourth-order valence-corrected chi connectivity index (χ4v) is 3.94. The van der Waals surface area contributed by atoms with E-state index in [2.05, 4.69) is 0 Å². The first-order valence-electron chi connectivity index (χ1n) is 7.51. The third-order valence-electron chi connectivity index (χ3n) is 3.82. The molecule has 0 aliphatic carbocycles. The van der Waals surface area contributed by atoms with E-state index in [0.717, 1.165) is 12.5 Å². The van der Waals surface area contributed by atoms with E-state index in [-0.39, 0.29) is 29.6 Å². The number of hydrogen-bond acceptors (Lipinski definition) is 4. The fourth-order valence-electron chi connectivity index (χ4n) is 2.51. The topological polar surface area (TPSA) is 66.9 Å². The van der Waals surface area contributed by atoms with Gasteiger partial charge in [-0.3, -0.25) is 4.79 Å². The third-order valence-corrected chi connectivity index (χ3v) is 5.71. The lowest BCUT2D eigenvalue weighted by Gasteiger charge is -2.34. The number of benzene rings is 1. The minimum absolute atomic E-state index is 0.000989. The first-order valence-corrected chi connectivity index (χ1v) is 8.95. The van der Waals surface area contributed by atoms with Crippen LogP contribution in [0.4, 0.5) is 4.39 Å². The van der Waals surface area contributed by atoms with Crippen LogP contribution >= 0.6 is 0 Å². The number of sulfonamides is 1. The third kappa shape index (κ3) is 3.81. The number of piperazine rings is 1. The van der Waals surface area contributed by atoms with Gasteiger partial charge in [0.2, 0.25) is 15.9 Å². The first-order chi connectivity index (χ1) is 10.9. The van der Waals surface area contributed by atoms with Gasteiger partial charge in [0.15, 0.2) is 11.6 Å². The monoisotopic (exact) mass is 344 g/mol. The zero-order valence-electron chi connectivity index (χ0n) is 13.3. The molecule has 1 amide bonds. The van der Waals surface area contributed by atoms with E-state index >= 15 is 0 Å². The summed E-state index contributed by atoms with van der Waals surface area (Å²) >= 11 is 0. The summed E-state index contributed by atoms with van der Waals surface area (Å²) in [7, 11) is -2.45. The highest BCUT2D eigenvalue weighted by Gasteiger charge is 2.30. The van der Waals surface area contributed by atoms with Crippen molar-refractivity contribution in [3.8, 4) is 5.75 Å². The second-order valence-electron chi connectivity index (χ2n) is 5.33. The van der Waals surface area contributed by atoms with Gasteiger partial charge in [0.05, 0.1) is 12.0 Å². The summed E-state index contributed by atoms with van der Waals surface area (Å²) in [6.45, 7) is 3.07. The van der Waals surface area contributed by atoms with Crippen LogP contribution < -0.4 is 4.74 Å². The Labute approximate surface area is 135 Å². The van der Waals surface area contributed by atoms with E-state index < -0.39 is 15.8 Å². The van der Waals surface area contributed by atoms with Gasteiger partial charge in [-0.05, 0) is 24.6 Å². The van der Waals surface area contributed by atoms with Gasteiger partial charge in [0.1, 0.15) is 0 Å². The zero-order valence-corrected chi connectivity index (χ0v) is 14.1. The molecule has 1 aromatic rings. The predicted molar refractivity (Wildman–Crippen MR) is 83.2 cm³/mol. The summed E-state index contributed by atoms with van der Waals surface area (Å²) in [5.74, 6) is -0.677. The summed E-state index contributed by atoms with van der Waals surface area (Å²) in [4.78, 5) is 13.4. The summed E-state index contributed by atoms with van der Waals surface area (Å²) in [5.41, 5.74) is 0. The maximum absolute atomic E-state index is 13.7. The number of halogens is 1. The minimum Gasteiger partial charge on any atom is -0.494 e. The molecular formula is C15H21FN2O4S. The lowest BCUT2D eigenvalue weighted by molar-refractivity contribution is -0.132. The van der Waals surface area contributed by atoms with Crippen LogP contribution in [0.1, 0.15) is 19.8 Å². The molecule has 0 spiro atoms. The lowest BCUT2D eigenvalue weighted by atomic mass is 10.2. The molecule has 2 rings (SSSR count). The highest BCUT2D eigenvalue weighted by atomic mass is 32.2. The Balaban J connectivity index is 2.10. The molecule has 1 aromatic carbocycles. The van der Waals surface area contributed by atoms with Crippen molar-refractivity contribution >= 4 is 15.9 Å². The van der Waals surface area contributed by atoms with Gasteiger partial charge in [-0.2, -0.15) is 4.31 Å². The van der Waals surface area contributed by atoms with Crippen molar-refractivity contribution in [2.24, 2.45) is 0 Å². The van der Waals surface area contributed by atoms with Crippen LogP contribution in [0.25, 0.3) is 0 Å². The highest BCUT2D eigenvalue weighted by Crippen LogP contribution is 2.24. The number of nitrogens with zero attached hydrogens (tertiary/aromatic N) is 2. The molecule has 8 heteroatoms. The summed E-state index contributed by atoms with van der Waals surface area (Å²) in [6.07, 6.45) is 1.24. The lowest BCUT2D eigenvalue weighted by Crippen LogP contribution is -2.50. The quantitative estimate of drug-likeness (QED) is 0.811. The highest BCUT2D eigenvalue weighted by molar-refractivity contribution is 7.89. The first kappa shape index (κ1) is 17.7. The number of ether oxygens (including phenoxy) is 1. The van der Waals surface area contributed by atoms with Crippen LogP contribution in [0.5, 0.6) is 5.75 Å². The van der Waals surface area contributed by atoms with Crippen LogP contribution in [0.3, 0.4) is 0 Å². The molecule has 0 saturated carbocycles. The number of methoxy groups -OCH3 is 1. The van der Waals surface area contributed by atoms with Gasteiger partial charge in [0.25, 0.3) is 0 Å². The number of amides is 1. The standard InChI is InChI=1S/C15H21FN2O4S/c1-3-4-15(19)17-7-9-18(10-8-17)23(20,21)12-5-6-14(22-2)13(16)11-12/h5-6,11H,3-4,7-10H2,1-2H3. The van der Waals surface area contributed by atoms with Crippen molar-refractivity contribution in [2.45, 2.75) is 24.7 Å². The van der Waals surface area contributed by atoms with Gasteiger partial charge in [0, 0.05) is 32.6 Å². The van der Waals surface area contributed by atoms with Crippen LogP contribution in [-0.4, -0.2) is 56.8 Å². The van der Waals surface area contributed by atoms with Gasteiger partial charge in [-0.15, -0.1) is 0 Å². The van der Waals surface area contributed by atoms with Gasteiger partial charge >= 0.3 is 0 Å². The molecule has 0 atom stereocenters. The molecule has 1 aliphatic rings. The summed E-state index contributed by atoms with van der Waals surface area (Å²) in [5, 5.41) is 0. The van der Waals surface area contributed by atoms with E-state index in [9.17, 15) is 17.6 Å². The van der Waals surface area contributed by atoms with E-state index in [1.54, 1.807) is 4.90 Å². The van der Waals surface area contributed by atoms with E-state index in [4.69, 9.17) is 4.74 Å². The largest absolute Gasteiger partial charge is 0.494 e. The maximum atomic E-state index is 13.7. The van der Waals surface area contributed by atoms with Gasteiger partial charge in [-0.1, -0.05) is 6.92 Å². The fraction of sp³-hybridized carbons (Fsp3) is 0.533. The van der Waals surface area contributed by atoms with E-state index in [0.29, 0.717) is 19.5 Å². The van der Waals surface area contributed by atoms with Crippen molar-refractivity contribution in [2.75, 3.05) is 33.3 Å². The average molecular weight is 344 g/mol. The van der Waals surface area contributed by atoms with Crippen LogP contribution in [0, 0.1) is 5.82 Å². The Hall–Kier alpha value is -1.67. The smallest absolute Gasteiger partial charge is 0.243 e. The van der Waals surface area contributed by atoms with E-state index in [1.807, 2.05) is 6.92 Å². The molecule has 0 radical (unpaired) electrons. The molecule has 0 bridgehead atoms. The van der Waals surface area contributed by atoms with Crippen LogP contribution in [0.2, 0.25) is 0 Å². The Morgan fingerprint density at radius 3 is 2.43 bits per heavy atom. The molecule has 0 unspecified atom stereocenters. The molecule has 1 heterocycles. The number of hydrogen-bond donors (Lipinski definition) is 0. The van der Waals surface area contributed by atoms with E-state index in [1.165, 1.54) is 23.5 Å². The normalized spacial score (nSPS) is 16.4. The van der Waals surface area contributed by atoms with Gasteiger partial charge in [-0.25, -0.2) is 12.8 Å². The Morgan fingerprint density at radius 2 is 1.91 bits per heavy atom. The van der Waals surface area contributed by atoms with Crippen molar-refractivity contribution < 1.29 is 22.3 Å². The number of carbonyl (C=O) groups is 1. The molecule has 6 nitrogen and oxygen atoms in total. The Bertz CT molecular complexity index is 670. The van der Waals surface area contributed by atoms with Crippen LogP contribution in [-0.2, 0) is 14.8 Å². The van der Waals surface area contributed by atoms with Gasteiger partial charge < -0.3 is 9.64 Å². The molecule has 0 aromatic heterocycles. The SMILES string of the molecule is CCCC(=O)N1CCN(S(=O)(=O)c2ccc(OC)c(F)c2)CC1. The molecule has 128 valence electrons.